The minimum atomic E-state index is 0.233. The summed E-state index contributed by atoms with van der Waals surface area (Å²) in [6.07, 6.45) is 0. The number of nitrogens with zero attached hydrogens (tertiary/aromatic N) is 2. The Morgan fingerprint density at radius 2 is 1.90 bits per heavy atom. The summed E-state index contributed by atoms with van der Waals surface area (Å²) in [7, 11) is 0. The van der Waals surface area contributed by atoms with Crippen LogP contribution in [0.25, 0.3) is 0 Å². The third kappa shape index (κ3) is 4.27. The number of nitrogens with one attached hydrogen (secondary N) is 2. The van der Waals surface area contributed by atoms with E-state index in [1.165, 1.54) is 0 Å². The van der Waals surface area contributed by atoms with Crippen LogP contribution in [0.3, 0.4) is 0 Å². The van der Waals surface area contributed by atoms with Crippen molar-refractivity contribution >= 4 is 51.9 Å². The van der Waals surface area contributed by atoms with E-state index in [1.54, 1.807) is 6.07 Å². The molecule has 0 unspecified atom stereocenters. The van der Waals surface area contributed by atoms with Gasteiger partial charge in [-0.05, 0) is 55.9 Å². The minimum Gasteiger partial charge on any atom is -0.454 e. The predicted molar refractivity (Wildman–Crippen MR) is 120 cm³/mol. The van der Waals surface area contributed by atoms with Crippen molar-refractivity contribution in [2.45, 2.75) is 20.4 Å². The van der Waals surface area contributed by atoms with E-state index in [0.29, 0.717) is 27.5 Å². The van der Waals surface area contributed by atoms with E-state index in [4.69, 9.17) is 44.9 Å². The van der Waals surface area contributed by atoms with Crippen molar-refractivity contribution in [1.82, 2.24) is 9.78 Å². The van der Waals surface area contributed by atoms with Crippen LogP contribution in [0, 0.1) is 13.8 Å². The van der Waals surface area contributed by atoms with E-state index in [9.17, 15) is 0 Å². The molecule has 0 atom stereocenters. The van der Waals surface area contributed by atoms with Crippen molar-refractivity contribution in [2.24, 2.45) is 0 Å². The predicted octanol–water partition coefficient (Wildman–Crippen LogP) is 5.39. The molecule has 0 saturated heterocycles. The minimum absolute atomic E-state index is 0.233. The lowest BCUT2D eigenvalue weighted by Gasteiger charge is -2.12. The standard InChI is InChI=1S/C20H18Cl2N4O2S/c1-11-19(12(2)26(25-11)9-13-3-4-14(21)7-16(13)22)24-20(29)23-15-5-6-17-18(8-15)28-10-27-17/h3-8H,9-10H2,1-2H3,(H2,23,24,29). The van der Waals surface area contributed by atoms with Crippen LogP contribution >= 0.6 is 35.4 Å². The van der Waals surface area contributed by atoms with E-state index in [0.717, 1.165) is 34.1 Å². The average Bonchev–Trinajstić information content (AvgIpc) is 3.23. The fraction of sp³-hybridized carbons (Fsp3) is 0.200. The number of anilines is 2. The second-order valence-electron chi connectivity index (χ2n) is 6.59. The molecule has 150 valence electrons. The fourth-order valence-corrected chi connectivity index (χ4v) is 3.78. The van der Waals surface area contributed by atoms with E-state index < -0.39 is 0 Å². The monoisotopic (exact) mass is 448 g/mol. The number of benzene rings is 2. The van der Waals surface area contributed by atoms with Gasteiger partial charge in [-0.1, -0.05) is 29.3 Å². The highest BCUT2D eigenvalue weighted by Crippen LogP contribution is 2.34. The van der Waals surface area contributed by atoms with E-state index >= 15 is 0 Å². The van der Waals surface area contributed by atoms with Crippen LogP contribution in [0.15, 0.2) is 36.4 Å². The molecule has 29 heavy (non-hydrogen) atoms. The molecule has 0 saturated carbocycles. The lowest BCUT2D eigenvalue weighted by molar-refractivity contribution is 0.174. The number of fused-ring (bicyclic) bond motifs is 1. The molecule has 0 radical (unpaired) electrons. The maximum absolute atomic E-state index is 6.30. The van der Waals surface area contributed by atoms with Gasteiger partial charge >= 0.3 is 0 Å². The van der Waals surface area contributed by atoms with E-state index in [2.05, 4.69) is 15.7 Å². The van der Waals surface area contributed by atoms with Crippen LogP contribution in [0.4, 0.5) is 11.4 Å². The normalized spacial score (nSPS) is 12.1. The van der Waals surface area contributed by atoms with Gasteiger partial charge in [0.2, 0.25) is 6.79 Å². The number of rotatable bonds is 4. The number of ether oxygens (including phenoxy) is 2. The van der Waals surface area contributed by atoms with Gasteiger partial charge in [0.15, 0.2) is 16.6 Å². The topological polar surface area (TPSA) is 60.3 Å². The molecule has 2 aromatic carbocycles. The molecule has 2 heterocycles. The number of thiocarbonyl (C=S) groups is 1. The van der Waals surface area contributed by atoms with Gasteiger partial charge in [0.05, 0.1) is 23.6 Å². The second kappa shape index (κ2) is 8.10. The summed E-state index contributed by atoms with van der Waals surface area (Å²) in [6, 6.07) is 11.0. The largest absolute Gasteiger partial charge is 0.454 e. The molecule has 0 amide bonds. The van der Waals surface area contributed by atoms with Crippen LogP contribution in [-0.4, -0.2) is 21.7 Å². The number of aromatic nitrogens is 2. The quantitative estimate of drug-likeness (QED) is 0.521. The van der Waals surface area contributed by atoms with Crippen molar-refractivity contribution in [1.29, 1.82) is 0 Å². The van der Waals surface area contributed by atoms with Gasteiger partial charge < -0.3 is 20.1 Å². The zero-order chi connectivity index (χ0) is 20.5. The lowest BCUT2D eigenvalue weighted by atomic mass is 10.2. The van der Waals surface area contributed by atoms with Gasteiger partial charge in [-0.2, -0.15) is 5.10 Å². The summed E-state index contributed by atoms with van der Waals surface area (Å²) < 4.78 is 12.6. The highest BCUT2D eigenvalue weighted by Gasteiger charge is 2.16. The zero-order valence-corrected chi connectivity index (χ0v) is 18.1. The SMILES string of the molecule is Cc1nn(Cc2ccc(Cl)cc2Cl)c(C)c1NC(=S)Nc1ccc2c(c1)OCO2. The Bertz CT molecular complexity index is 1100. The lowest BCUT2D eigenvalue weighted by Crippen LogP contribution is -2.20. The summed E-state index contributed by atoms with van der Waals surface area (Å²) in [5, 5.41) is 12.7. The van der Waals surface area contributed by atoms with Gasteiger partial charge in [0.25, 0.3) is 0 Å². The molecule has 0 aliphatic carbocycles. The van der Waals surface area contributed by atoms with Crippen molar-refractivity contribution < 1.29 is 9.47 Å². The number of aryl methyl sites for hydroxylation is 1. The molecule has 0 spiro atoms. The van der Waals surface area contributed by atoms with E-state index in [1.807, 2.05) is 48.9 Å². The second-order valence-corrected chi connectivity index (χ2v) is 7.84. The highest BCUT2D eigenvalue weighted by molar-refractivity contribution is 7.80. The fourth-order valence-electron chi connectivity index (χ4n) is 3.09. The Morgan fingerprint density at radius 3 is 2.69 bits per heavy atom. The number of hydrogen-bond donors (Lipinski definition) is 2. The molecule has 1 aliphatic heterocycles. The Labute approximate surface area is 183 Å². The molecule has 0 bridgehead atoms. The average molecular weight is 449 g/mol. The van der Waals surface area contributed by atoms with Crippen LogP contribution < -0.4 is 20.1 Å². The molecular weight excluding hydrogens is 431 g/mol. The Kier molecular flexibility index (Phi) is 5.54. The first kappa shape index (κ1) is 19.8. The van der Waals surface area contributed by atoms with Crippen molar-refractivity contribution in [3.63, 3.8) is 0 Å². The summed E-state index contributed by atoms with van der Waals surface area (Å²) >= 11 is 17.8. The first-order valence-electron chi connectivity index (χ1n) is 8.86. The van der Waals surface area contributed by atoms with Crippen molar-refractivity contribution in [3.8, 4) is 11.5 Å². The van der Waals surface area contributed by atoms with Gasteiger partial charge in [-0.15, -0.1) is 0 Å². The molecule has 1 aliphatic rings. The van der Waals surface area contributed by atoms with E-state index in [-0.39, 0.29) is 6.79 Å². The Hall–Kier alpha value is -2.48. The van der Waals surface area contributed by atoms with Gasteiger partial charge in [0, 0.05) is 21.8 Å². The molecule has 4 rings (SSSR count). The van der Waals surface area contributed by atoms with Crippen LogP contribution in [0.2, 0.25) is 10.0 Å². The molecule has 2 N–H and O–H groups in total. The molecule has 0 fully saturated rings. The van der Waals surface area contributed by atoms with Crippen LogP contribution in [-0.2, 0) is 6.54 Å². The molecule has 1 aromatic heterocycles. The molecule has 6 nitrogen and oxygen atoms in total. The summed E-state index contributed by atoms with van der Waals surface area (Å²) in [5.74, 6) is 1.42. The maximum atomic E-state index is 6.30. The van der Waals surface area contributed by atoms with Crippen molar-refractivity contribution in [2.75, 3.05) is 17.4 Å². The summed E-state index contributed by atoms with van der Waals surface area (Å²) in [5.41, 5.74) is 4.38. The number of halogens is 2. The first-order chi connectivity index (χ1) is 13.9. The van der Waals surface area contributed by atoms with Gasteiger partial charge in [-0.25, -0.2) is 0 Å². The Balaban J connectivity index is 1.48. The molecule has 9 heteroatoms. The van der Waals surface area contributed by atoms with Crippen LogP contribution in [0.5, 0.6) is 11.5 Å². The third-order valence-corrected chi connectivity index (χ3v) is 5.38. The first-order valence-corrected chi connectivity index (χ1v) is 10.0. The molecule has 3 aromatic rings. The molecular formula is C20H18Cl2N4O2S. The van der Waals surface area contributed by atoms with Crippen molar-refractivity contribution in [3.05, 3.63) is 63.4 Å². The number of hydrogen-bond acceptors (Lipinski definition) is 4. The summed E-state index contributed by atoms with van der Waals surface area (Å²) in [4.78, 5) is 0. The summed E-state index contributed by atoms with van der Waals surface area (Å²) in [6.45, 7) is 4.68. The maximum Gasteiger partial charge on any atom is 0.231 e. The highest BCUT2D eigenvalue weighted by atomic mass is 35.5. The smallest absolute Gasteiger partial charge is 0.231 e. The van der Waals surface area contributed by atoms with Gasteiger partial charge in [0.1, 0.15) is 0 Å². The van der Waals surface area contributed by atoms with Gasteiger partial charge in [-0.3, -0.25) is 4.68 Å². The van der Waals surface area contributed by atoms with Crippen LogP contribution in [0.1, 0.15) is 17.0 Å². The zero-order valence-electron chi connectivity index (χ0n) is 15.8. The Morgan fingerprint density at radius 1 is 1.10 bits per heavy atom. The third-order valence-electron chi connectivity index (χ3n) is 4.59.